The van der Waals surface area contributed by atoms with Gasteiger partial charge in [-0.1, -0.05) is 28.1 Å². The zero-order valence-corrected chi connectivity index (χ0v) is 16.6. The van der Waals surface area contributed by atoms with Crippen molar-refractivity contribution in [2.75, 3.05) is 6.54 Å². The number of likely N-dealkylation sites (tertiary alicyclic amines) is 1. The number of nitriles is 1. The van der Waals surface area contributed by atoms with E-state index in [-0.39, 0.29) is 12.0 Å². The molecule has 1 N–H and O–H groups in total. The highest BCUT2D eigenvalue weighted by molar-refractivity contribution is 9.10. The first-order valence-electron chi connectivity index (χ1n) is 8.47. The van der Waals surface area contributed by atoms with Crippen LogP contribution >= 0.6 is 15.9 Å². The van der Waals surface area contributed by atoms with Crippen molar-refractivity contribution >= 4 is 22.0 Å². The molecule has 136 valence electrons. The normalized spacial score (nSPS) is 20.0. The molecule has 26 heavy (non-hydrogen) atoms. The Bertz CT molecular complexity index is 832. The second kappa shape index (κ2) is 7.12. The zero-order valence-electron chi connectivity index (χ0n) is 15.0. The summed E-state index contributed by atoms with van der Waals surface area (Å²) in [5, 5.41) is 9.31. The van der Waals surface area contributed by atoms with E-state index in [2.05, 4.69) is 32.0 Å². The standard InChI is InChI=1S/C19H21BrN4O2/c1-19(2,3)26-18(25)24-11-12(9-21)8-16(24)17-22-10-15(23-17)13-4-6-14(20)7-5-13/h4-7,10,12,16H,8,11H2,1-3H3,(H,22,23). The number of hydrogen-bond acceptors (Lipinski definition) is 4. The quantitative estimate of drug-likeness (QED) is 0.771. The summed E-state index contributed by atoms with van der Waals surface area (Å²) in [4.78, 5) is 21.9. The van der Waals surface area contributed by atoms with Gasteiger partial charge in [-0.05, 0) is 44.9 Å². The average molecular weight is 417 g/mol. The van der Waals surface area contributed by atoms with Crippen molar-refractivity contribution in [2.45, 2.75) is 38.8 Å². The fourth-order valence-electron chi connectivity index (χ4n) is 2.99. The Balaban J connectivity index is 1.85. The first kappa shape index (κ1) is 18.5. The fraction of sp³-hybridized carbons (Fsp3) is 0.421. The third kappa shape index (κ3) is 4.07. The summed E-state index contributed by atoms with van der Waals surface area (Å²) in [5.74, 6) is 0.445. The Morgan fingerprint density at radius 3 is 2.69 bits per heavy atom. The molecular formula is C19H21BrN4O2. The van der Waals surface area contributed by atoms with Crippen molar-refractivity contribution in [3.05, 3.63) is 40.8 Å². The topological polar surface area (TPSA) is 82.0 Å². The van der Waals surface area contributed by atoms with E-state index in [0.717, 1.165) is 15.7 Å². The highest BCUT2D eigenvalue weighted by atomic mass is 79.9. The van der Waals surface area contributed by atoms with Gasteiger partial charge in [-0.15, -0.1) is 0 Å². The van der Waals surface area contributed by atoms with Crippen LogP contribution in [0.25, 0.3) is 11.3 Å². The molecule has 1 fully saturated rings. The van der Waals surface area contributed by atoms with Crippen molar-refractivity contribution < 1.29 is 9.53 Å². The van der Waals surface area contributed by atoms with E-state index >= 15 is 0 Å². The van der Waals surface area contributed by atoms with Crippen LogP contribution in [0.4, 0.5) is 4.79 Å². The maximum absolute atomic E-state index is 12.6. The molecule has 0 spiro atoms. The van der Waals surface area contributed by atoms with Crippen LogP contribution in [0.2, 0.25) is 0 Å². The molecule has 1 aromatic heterocycles. The van der Waals surface area contributed by atoms with Gasteiger partial charge in [0.05, 0.1) is 29.9 Å². The maximum atomic E-state index is 12.6. The first-order chi connectivity index (χ1) is 12.3. The number of nitrogens with one attached hydrogen (secondary N) is 1. The van der Waals surface area contributed by atoms with Gasteiger partial charge in [-0.3, -0.25) is 4.90 Å². The number of imidazole rings is 1. The van der Waals surface area contributed by atoms with Crippen molar-refractivity contribution in [3.8, 4) is 17.3 Å². The largest absolute Gasteiger partial charge is 0.444 e. The third-order valence-corrected chi connectivity index (χ3v) is 4.71. The van der Waals surface area contributed by atoms with Gasteiger partial charge in [-0.25, -0.2) is 9.78 Å². The van der Waals surface area contributed by atoms with E-state index in [0.29, 0.717) is 18.8 Å². The number of carbonyl (C=O) groups excluding carboxylic acids is 1. The number of aromatic amines is 1. The summed E-state index contributed by atoms with van der Waals surface area (Å²) in [6, 6.07) is 9.86. The lowest BCUT2D eigenvalue weighted by atomic mass is 10.1. The molecule has 1 aliphatic heterocycles. The van der Waals surface area contributed by atoms with Crippen molar-refractivity contribution in [1.29, 1.82) is 5.26 Å². The molecule has 0 radical (unpaired) electrons. The van der Waals surface area contributed by atoms with Crippen LogP contribution in [-0.4, -0.2) is 33.1 Å². The molecule has 0 saturated carbocycles. The fourth-order valence-corrected chi connectivity index (χ4v) is 3.26. The van der Waals surface area contributed by atoms with Gasteiger partial charge < -0.3 is 9.72 Å². The molecule has 2 aromatic rings. The number of carbonyl (C=O) groups is 1. The highest BCUT2D eigenvalue weighted by Crippen LogP contribution is 2.35. The van der Waals surface area contributed by atoms with Crippen LogP contribution < -0.4 is 0 Å². The van der Waals surface area contributed by atoms with E-state index in [1.165, 1.54) is 0 Å². The molecule has 7 heteroatoms. The number of nitrogens with zero attached hydrogens (tertiary/aromatic N) is 3. The summed E-state index contributed by atoms with van der Waals surface area (Å²) in [6.07, 6.45) is 1.89. The monoisotopic (exact) mass is 416 g/mol. The summed E-state index contributed by atoms with van der Waals surface area (Å²) in [7, 11) is 0. The minimum Gasteiger partial charge on any atom is -0.444 e. The maximum Gasteiger partial charge on any atom is 0.410 e. The Morgan fingerprint density at radius 2 is 2.08 bits per heavy atom. The molecule has 1 aliphatic rings. The van der Waals surface area contributed by atoms with Crippen LogP contribution in [-0.2, 0) is 4.74 Å². The number of rotatable bonds is 2. The highest BCUT2D eigenvalue weighted by Gasteiger charge is 2.40. The smallest absolute Gasteiger partial charge is 0.410 e. The van der Waals surface area contributed by atoms with Crippen LogP contribution in [0.3, 0.4) is 0 Å². The van der Waals surface area contributed by atoms with Crippen LogP contribution in [0.15, 0.2) is 34.9 Å². The van der Waals surface area contributed by atoms with E-state index in [9.17, 15) is 10.1 Å². The molecule has 0 aliphatic carbocycles. The van der Waals surface area contributed by atoms with E-state index < -0.39 is 11.7 Å². The van der Waals surface area contributed by atoms with E-state index in [1.54, 1.807) is 11.1 Å². The van der Waals surface area contributed by atoms with Crippen molar-refractivity contribution in [2.24, 2.45) is 5.92 Å². The Morgan fingerprint density at radius 1 is 1.38 bits per heavy atom. The van der Waals surface area contributed by atoms with Gasteiger partial charge in [0, 0.05) is 11.0 Å². The number of amides is 1. The molecule has 3 rings (SSSR count). The molecule has 6 nitrogen and oxygen atoms in total. The number of halogens is 1. The van der Waals surface area contributed by atoms with Gasteiger partial charge in [0.1, 0.15) is 11.4 Å². The van der Waals surface area contributed by atoms with Crippen molar-refractivity contribution in [1.82, 2.24) is 14.9 Å². The van der Waals surface area contributed by atoms with Gasteiger partial charge >= 0.3 is 6.09 Å². The number of ether oxygens (including phenoxy) is 1. The number of hydrogen-bond donors (Lipinski definition) is 1. The third-order valence-electron chi connectivity index (χ3n) is 4.18. The molecule has 1 amide bonds. The molecule has 2 unspecified atom stereocenters. The van der Waals surface area contributed by atoms with E-state index in [4.69, 9.17) is 4.74 Å². The lowest BCUT2D eigenvalue weighted by Crippen LogP contribution is -2.37. The molecule has 1 aromatic carbocycles. The van der Waals surface area contributed by atoms with Gasteiger partial charge in [0.25, 0.3) is 0 Å². The van der Waals surface area contributed by atoms with Gasteiger partial charge in [-0.2, -0.15) is 5.26 Å². The van der Waals surface area contributed by atoms with Crippen LogP contribution in [0.5, 0.6) is 0 Å². The van der Waals surface area contributed by atoms with Crippen LogP contribution in [0.1, 0.15) is 39.1 Å². The predicted octanol–water partition coefficient (Wildman–Crippen LogP) is 4.66. The summed E-state index contributed by atoms with van der Waals surface area (Å²) >= 11 is 3.42. The second-order valence-corrected chi connectivity index (χ2v) is 8.31. The Kier molecular flexibility index (Phi) is 5.05. The SMILES string of the molecule is CC(C)(C)OC(=O)N1CC(C#N)CC1c1ncc(-c2ccc(Br)cc2)[nH]1. The van der Waals surface area contributed by atoms with Crippen LogP contribution in [0, 0.1) is 17.2 Å². The predicted molar refractivity (Wildman–Crippen MR) is 101 cm³/mol. The summed E-state index contributed by atoms with van der Waals surface area (Å²) in [5.41, 5.74) is 1.29. The van der Waals surface area contributed by atoms with E-state index in [1.807, 2.05) is 45.0 Å². The van der Waals surface area contributed by atoms with Crippen molar-refractivity contribution in [3.63, 3.8) is 0 Å². The summed E-state index contributed by atoms with van der Waals surface area (Å²) < 4.78 is 6.51. The number of benzene rings is 1. The molecule has 2 heterocycles. The van der Waals surface area contributed by atoms with Gasteiger partial charge in [0.15, 0.2) is 0 Å². The second-order valence-electron chi connectivity index (χ2n) is 7.40. The first-order valence-corrected chi connectivity index (χ1v) is 9.26. The molecule has 0 bridgehead atoms. The number of H-pyrrole nitrogens is 1. The minimum atomic E-state index is -0.585. The molecule has 2 atom stereocenters. The lowest BCUT2D eigenvalue weighted by molar-refractivity contribution is 0.0216. The summed E-state index contributed by atoms with van der Waals surface area (Å²) in [6.45, 7) is 5.84. The number of aromatic nitrogens is 2. The Hall–Kier alpha value is -2.33. The Labute approximate surface area is 161 Å². The molecular weight excluding hydrogens is 396 g/mol. The minimum absolute atomic E-state index is 0.228. The van der Waals surface area contributed by atoms with Gasteiger partial charge in [0.2, 0.25) is 0 Å². The lowest BCUT2D eigenvalue weighted by Gasteiger charge is -2.27. The average Bonchev–Trinajstić information content (AvgIpc) is 3.20. The zero-order chi connectivity index (χ0) is 18.9. The molecule has 1 saturated heterocycles.